The van der Waals surface area contributed by atoms with Crippen LogP contribution in [0, 0.1) is 5.92 Å². The first-order valence-electron chi connectivity index (χ1n) is 10.2. The van der Waals surface area contributed by atoms with Gasteiger partial charge < -0.3 is 19.3 Å². The van der Waals surface area contributed by atoms with E-state index >= 15 is 0 Å². The standard InChI is InChI=1S/C24H27NO5/c1-15-5-4-10-25(13-15)14-19-20(26)8-7-18-23(27)22(30-24(18)19)12-16-11-17(28-2)6-9-21(16)29-3/h6-9,11-12,15,26H,4-5,10,13-14H2,1-3H3/t15-/m0/s1. The lowest BCUT2D eigenvalue weighted by Gasteiger charge is -2.31. The molecule has 2 heterocycles. The minimum atomic E-state index is -0.205. The molecule has 2 aromatic carbocycles. The molecule has 30 heavy (non-hydrogen) atoms. The minimum Gasteiger partial charge on any atom is -0.507 e. The summed E-state index contributed by atoms with van der Waals surface area (Å²) in [5.74, 6) is 2.49. The van der Waals surface area contributed by atoms with E-state index in [2.05, 4.69) is 11.8 Å². The smallest absolute Gasteiger partial charge is 0.231 e. The van der Waals surface area contributed by atoms with Gasteiger partial charge in [0.25, 0.3) is 0 Å². The molecule has 1 N–H and O–H groups in total. The highest BCUT2D eigenvalue weighted by Crippen LogP contribution is 2.41. The number of phenolic OH excluding ortho intramolecular Hbond substituents is 1. The molecule has 0 spiro atoms. The van der Waals surface area contributed by atoms with Gasteiger partial charge in [-0.2, -0.15) is 0 Å². The fourth-order valence-corrected chi connectivity index (χ4v) is 4.20. The molecule has 4 rings (SSSR count). The number of Topliss-reactive ketones (excluding diaryl/α,β-unsaturated/α-hetero) is 1. The molecule has 0 aromatic heterocycles. The number of hydrogen-bond donors (Lipinski definition) is 1. The van der Waals surface area contributed by atoms with E-state index in [-0.39, 0.29) is 17.3 Å². The summed E-state index contributed by atoms with van der Waals surface area (Å²) in [5, 5.41) is 10.5. The molecule has 0 bridgehead atoms. The quantitative estimate of drug-likeness (QED) is 0.745. The topological polar surface area (TPSA) is 68.2 Å². The van der Waals surface area contributed by atoms with Gasteiger partial charge in [0.1, 0.15) is 23.0 Å². The zero-order valence-electron chi connectivity index (χ0n) is 17.6. The summed E-state index contributed by atoms with van der Waals surface area (Å²) in [6.07, 6.45) is 4.02. The number of hydrogen-bond acceptors (Lipinski definition) is 6. The maximum Gasteiger partial charge on any atom is 0.231 e. The number of allylic oxidation sites excluding steroid dienone is 1. The second kappa shape index (κ2) is 8.40. The molecule has 0 unspecified atom stereocenters. The van der Waals surface area contributed by atoms with Gasteiger partial charge in [-0.15, -0.1) is 0 Å². The van der Waals surface area contributed by atoms with Crippen molar-refractivity contribution in [2.75, 3.05) is 27.3 Å². The molecule has 0 saturated carbocycles. The molecule has 0 aliphatic carbocycles. The zero-order valence-corrected chi connectivity index (χ0v) is 17.6. The number of ether oxygens (including phenoxy) is 3. The van der Waals surface area contributed by atoms with Crippen molar-refractivity contribution in [1.82, 2.24) is 4.90 Å². The van der Waals surface area contributed by atoms with E-state index in [4.69, 9.17) is 14.2 Å². The number of rotatable bonds is 5. The maximum absolute atomic E-state index is 13.0. The predicted molar refractivity (Wildman–Crippen MR) is 114 cm³/mol. The number of carbonyl (C=O) groups is 1. The summed E-state index contributed by atoms with van der Waals surface area (Å²) in [7, 11) is 3.16. The van der Waals surface area contributed by atoms with Gasteiger partial charge in [-0.25, -0.2) is 0 Å². The minimum absolute atomic E-state index is 0.153. The largest absolute Gasteiger partial charge is 0.507 e. The number of likely N-dealkylation sites (tertiary alicyclic amines) is 1. The predicted octanol–water partition coefficient (Wildman–Crippen LogP) is 4.26. The SMILES string of the molecule is COc1ccc(OC)c(C=C2Oc3c(ccc(O)c3CN3CCC[C@H](C)C3)C2=O)c1. The Morgan fingerprint density at radius 2 is 2.07 bits per heavy atom. The van der Waals surface area contributed by atoms with Crippen molar-refractivity contribution in [2.45, 2.75) is 26.3 Å². The number of benzene rings is 2. The van der Waals surface area contributed by atoms with Gasteiger partial charge in [-0.1, -0.05) is 6.92 Å². The molecule has 2 aromatic rings. The van der Waals surface area contributed by atoms with Crippen molar-refractivity contribution in [2.24, 2.45) is 5.92 Å². The van der Waals surface area contributed by atoms with Crippen LogP contribution >= 0.6 is 0 Å². The van der Waals surface area contributed by atoms with Gasteiger partial charge in [0.05, 0.1) is 25.3 Å². The van der Waals surface area contributed by atoms with E-state index in [0.29, 0.717) is 46.4 Å². The third-order valence-electron chi connectivity index (χ3n) is 5.76. The molecule has 1 atom stereocenters. The fraction of sp³-hybridized carbons (Fsp3) is 0.375. The number of nitrogens with zero attached hydrogens (tertiary/aromatic N) is 1. The van der Waals surface area contributed by atoms with Crippen molar-refractivity contribution in [1.29, 1.82) is 0 Å². The number of phenols is 1. The number of methoxy groups -OCH3 is 2. The Balaban J connectivity index is 1.67. The van der Waals surface area contributed by atoms with Crippen LogP contribution in [0.3, 0.4) is 0 Å². The number of ketones is 1. The Kier molecular flexibility index (Phi) is 5.68. The summed E-state index contributed by atoms with van der Waals surface area (Å²) in [4.78, 5) is 15.3. The average molecular weight is 409 g/mol. The molecular formula is C24H27NO5. The summed E-state index contributed by atoms with van der Waals surface area (Å²) in [6, 6.07) is 8.57. The molecule has 1 fully saturated rings. The average Bonchev–Trinajstić information content (AvgIpc) is 3.06. The van der Waals surface area contributed by atoms with Gasteiger partial charge in [0.15, 0.2) is 5.76 Å². The van der Waals surface area contributed by atoms with Crippen molar-refractivity contribution in [3.63, 3.8) is 0 Å². The van der Waals surface area contributed by atoms with Crippen LogP contribution in [0.4, 0.5) is 0 Å². The van der Waals surface area contributed by atoms with Gasteiger partial charge >= 0.3 is 0 Å². The molecule has 2 aliphatic heterocycles. The van der Waals surface area contributed by atoms with Gasteiger partial charge in [0.2, 0.25) is 5.78 Å². The van der Waals surface area contributed by atoms with Crippen molar-refractivity contribution in [3.05, 3.63) is 52.8 Å². The lowest BCUT2D eigenvalue weighted by atomic mass is 9.99. The van der Waals surface area contributed by atoms with E-state index in [1.54, 1.807) is 50.6 Å². The molecule has 0 radical (unpaired) electrons. The summed E-state index contributed by atoms with van der Waals surface area (Å²) < 4.78 is 16.7. The van der Waals surface area contributed by atoms with Crippen LogP contribution in [0.1, 0.15) is 41.3 Å². The summed E-state index contributed by atoms with van der Waals surface area (Å²) in [5.41, 5.74) is 1.82. The first-order valence-corrected chi connectivity index (χ1v) is 10.2. The van der Waals surface area contributed by atoms with Crippen LogP contribution < -0.4 is 14.2 Å². The maximum atomic E-state index is 13.0. The molecule has 1 saturated heterocycles. The zero-order chi connectivity index (χ0) is 21.3. The molecule has 0 amide bonds. The molecule has 158 valence electrons. The molecule has 6 heteroatoms. The number of aromatic hydroxyl groups is 1. The van der Waals surface area contributed by atoms with Crippen LogP contribution in [0.2, 0.25) is 0 Å². The fourth-order valence-electron chi connectivity index (χ4n) is 4.20. The molecule has 6 nitrogen and oxygen atoms in total. The normalized spacial score (nSPS) is 20.2. The highest BCUT2D eigenvalue weighted by Gasteiger charge is 2.32. The Morgan fingerprint density at radius 1 is 1.23 bits per heavy atom. The van der Waals surface area contributed by atoms with Crippen LogP contribution in [0.25, 0.3) is 6.08 Å². The van der Waals surface area contributed by atoms with E-state index in [9.17, 15) is 9.90 Å². The van der Waals surface area contributed by atoms with Gasteiger partial charge in [-0.3, -0.25) is 9.69 Å². The Labute approximate surface area is 176 Å². The Bertz CT molecular complexity index is 997. The molecular weight excluding hydrogens is 382 g/mol. The van der Waals surface area contributed by atoms with E-state index < -0.39 is 0 Å². The summed E-state index contributed by atoms with van der Waals surface area (Å²) >= 11 is 0. The third-order valence-corrected chi connectivity index (χ3v) is 5.76. The van der Waals surface area contributed by atoms with E-state index in [1.807, 2.05) is 0 Å². The second-order valence-electron chi connectivity index (χ2n) is 7.97. The lowest BCUT2D eigenvalue weighted by Crippen LogP contribution is -2.33. The highest BCUT2D eigenvalue weighted by atomic mass is 16.5. The van der Waals surface area contributed by atoms with E-state index in [0.717, 1.165) is 19.5 Å². The first-order chi connectivity index (χ1) is 14.5. The first kappa shape index (κ1) is 20.3. The van der Waals surface area contributed by atoms with Crippen molar-refractivity contribution in [3.8, 4) is 23.0 Å². The van der Waals surface area contributed by atoms with Crippen LogP contribution in [0.5, 0.6) is 23.0 Å². The van der Waals surface area contributed by atoms with Crippen LogP contribution in [0.15, 0.2) is 36.1 Å². The van der Waals surface area contributed by atoms with E-state index in [1.165, 1.54) is 6.42 Å². The molecule has 2 aliphatic rings. The van der Waals surface area contributed by atoms with Gasteiger partial charge in [0, 0.05) is 18.7 Å². The number of piperidine rings is 1. The van der Waals surface area contributed by atoms with Crippen LogP contribution in [-0.4, -0.2) is 43.1 Å². The number of fused-ring (bicyclic) bond motifs is 1. The van der Waals surface area contributed by atoms with Crippen molar-refractivity contribution >= 4 is 11.9 Å². The third kappa shape index (κ3) is 3.87. The monoisotopic (exact) mass is 409 g/mol. The number of carbonyl (C=O) groups excluding carboxylic acids is 1. The highest BCUT2D eigenvalue weighted by molar-refractivity contribution is 6.15. The van der Waals surface area contributed by atoms with Crippen LogP contribution in [-0.2, 0) is 6.54 Å². The lowest BCUT2D eigenvalue weighted by molar-refractivity contribution is 0.101. The second-order valence-corrected chi connectivity index (χ2v) is 7.97. The Morgan fingerprint density at radius 3 is 2.80 bits per heavy atom. The Hall–Kier alpha value is -2.99. The van der Waals surface area contributed by atoms with Gasteiger partial charge in [-0.05, 0) is 61.7 Å². The summed E-state index contributed by atoms with van der Waals surface area (Å²) in [6.45, 7) is 4.75. The van der Waals surface area contributed by atoms with Crippen molar-refractivity contribution < 1.29 is 24.1 Å².